The number of aliphatic hydroxyl groups is 23. The maximum atomic E-state index is 13.3. The Balaban J connectivity index is 0.998. The lowest BCUT2D eigenvalue weighted by molar-refractivity contribution is -0.398. The zero-order valence-corrected chi connectivity index (χ0v) is 74.5. The van der Waals surface area contributed by atoms with Crippen LogP contribution in [0.25, 0.3) is 0 Å². The first-order valence-electron chi connectivity index (χ1n) is 42.3. The van der Waals surface area contributed by atoms with Crippen molar-refractivity contribution in [3.63, 3.8) is 0 Å². The molecule has 10 rings (SSSR count). The Labute approximate surface area is 770 Å². The second-order valence-electron chi connectivity index (χ2n) is 33.5. The molecule has 0 aromatic carbocycles. The number of carbonyl (C=O) groups excluding carboxylic acids is 6. The molecule has 0 bridgehead atoms. The monoisotopic (exact) mass is 2030 g/mol. The second kappa shape index (κ2) is 48.5. The van der Waals surface area contributed by atoms with E-state index < -0.39 is 422 Å². The van der Waals surface area contributed by atoms with Gasteiger partial charge < -0.3 is 239 Å². The molecule has 0 aromatic rings. The van der Waals surface area contributed by atoms with E-state index in [9.17, 15) is 172 Å². The fraction of sp³-hybridized carbons (Fsp3) is 0.917. The molecule has 10 aliphatic rings. The topological polar surface area (TPSA) is 942 Å². The quantitative estimate of drug-likeness (QED) is 0.0257. The zero-order valence-electron chi connectivity index (χ0n) is 72.9. The molecule has 62 nitrogen and oxygen atoms in total. The predicted octanol–water partition coefficient (Wildman–Crippen LogP) is -21.3. The largest absolute Gasteiger partial charge is 0.397 e. The van der Waals surface area contributed by atoms with E-state index in [0.29, 0.717) is 0 Å². The van der Waals surface area contributed by atoms with Crippen LogP contribution < -0.4 is 31.9 Å². The zero-order chi connectivity index (χ0) is 101. The standard InChI is InChI=1S/C72H120N6O56S2/c1-17-39(92)49(102)52(105)69(116-17)114-16-32-57(43(96)33(63(107)117-32)73-18(2)86)128-64-34(74-19(3)87)46(99)56(28(12-83)120-64)129-70-53(106)60(130-72-62(51(104)41(94)25(9-80)119-72)132-68-36(76-21(5)89)45(98)55(27(11-82)122-68)127-66-38(78-23(7)91)48(101)59(30(14-85)124-66)134-136(111,112)113)42(95)31(125-70)15-115-71-61(50(103)40(93)24(8-79)118-71)131-67-35(75-20(4)88)44(97)54(26(10-81)121-67)126-65-37(77-22(6)90)47(100)58(29(13-84)123-65)133-135(108,109)110/h17,24-72,79-85,92-107H,8-16H2,1-7H3,(H,73,86)(H,74,87)(H,75,88)(H,76,89)(H,77,90)(H,78,91)(H,108,109,110)(H,111,112,113)/t17-,24+,25+,26+,27+,28+,29+,30+,31+,32+,33+,34+,35+,36-,37+,38+,39+,40+,41+,42+,43+,44+,45+,46+,47+,48+,49+,50-,51-,52-,53-,54+,55+,56+,57+,58-,59-,60-,61-,62-,63?,64-,65-,66-,67-,68-,69+,70-,71-,72+/m0/s1. The Kier molecular flexibility index (Phi) is 40.2. The minimum atomic E-state index is -5.47. The molecule has 0 spiro atoms. The van der Waals surface area contributed by atoms with Gasteiger partial charge in [-0.3, -0.25) is 37.9 Å². The Bertz CT molecular complexity index is 4120. The van der Waals surface area contributed by atoms with E-state index in [1.807, 2.05) is 0 Å². The van der Waals surface area contributed by atoms with Crippen molar-refractivity contribution in [3.05, 3.63) is 0 Å². The van der Waals surface area contributed by atoms with Crippen molar-refractivity contribution in [1.82, 2.24) is 31.9 Å². The molecule has 136 heavy (non-hydrogen) atoms. The lowest BCUT2D eigenvalue weighted by atomic mass is 9.93. The third-order valence-electron chi connectivity index (χ3n) is 23.6. The molecular formula is C72H120N6O56S2. The lowest BCUT2D eigenvalue weighted by Crippen LogP contribution is -2.71. The van der Waals surface area contributed by atoms with E-state index >= 15 is 0 Å². The fourth-order valence-electron chi connectivity index (χ4n) is 17.1. The molecule has 1 unspecified atom stereocenters. The highest BCUT2D eigenvalue weighted by Gasteiger charge is 2.63. The van der Waals surface area contributed by atoms with Crippen LogP contribution in [0.5, 0.6) is 0 Å². The number of carbonyl (C=O) groups is 6. The van der Waals surface area contributed by atoms with Gasteiger partial charge in [0.2, 0.25) is 35.4 Å². The number of nitrogens with one attached hydrogen (secondary N) is 6. The minimum Gasteiger partial charge on any atom is -0.394 e. The molecule has 0 radical (unpaired) electrons. The molecule has 0 saturated carbocycles. The average molecular weight is 2030 g/mol. The Hall–Kier alpha value is -5.12. The summed E-state index contributed by atoms with van der Waals surface area (Å²) in [5.74, 6) is -5.95. The maximum Gasteiger partial charge on any atom is 0.397 e. The van der Waals surface area contributed by atoms with Crippen molar-refractivity contribution < 1.29 is 271 Å². The van der Waals surface area contributed by atoms with Crippen LogP contribution in [-0.4, -0.2) is 545 Å². The number of ether oxygens (including phenoxy) is 19. The van der Waals surface area contributed by atoms with Crippen LogP contribution in [0.3, 0.4) is 0 Å². The van der Waals surface area contributed by atoms with Gasteiger partial charge in [0.1, 0.15) is 238 Å². The third kappa shape index (κ3) is 26.7. The van der Waals surface area contributed by atoms with E-state index in [-0.39, 0.29) is 0 Å². The van der Waals surface area contributed by atoms with Crippen molar-refractivity contribution in [1.29, 1.82) is 0 Å². The van der Waals surface area contributed by atoms with E-state index in [0.717, 1.165) is 41.5 Å². The Morgan fingerprint density at radius 2 is 0.507 bits per heavy atom. The van der Waals surface area contributed by atoms with Crippen molar-refractivity contribution in [2.45, 2.75) is 355 Å². The molecule has 10 aliphatic heterocycles. The normalized spacial score (nSPS) is 45.9. The summed E-state index contributed by atoms with van der Waals surface area (Å²) in [5.41, 5.74) is 0. The van der Waals surface area contributed by atoms with E-state index in [4.69, 9.17) is 90.0 Å². The molecule has 10 heterocycles. The molecule has 50 atom stereocenters. The number of hydrogen-bond acceptors (Lipinski definition) is 54. The van der Waals surface area contributed by atoms with Gasteiger partial charge in [0.25, 0.3) is 0 Å². The summed E-state index contributed by atoms with van der Waals surface area (Å²) in [4.78, 5) is 77.3. The molecule has 0 aromatic heterocycles. The Morgan fingerprint density at radius 1 is 0.243 bits per heavy atom. The second-order valence-corrected chi connectivity index (χ2v) is 35.6. The van der Waals surface area contributed by atoms with Crippen LogP contribution in [0.15, 0.2) is 0 Å². The summed E-state index contributed by atoms with van der Waals surface area (Å²) in [5, 5.41) is 277. The summed E-state index contributed by atoms with van der Waals surface area (Å²) in [6.07, 6.45) is -96.0. The van der Waals surface area contributed by atoms with Crippen LogP contribution >= 0.6 is 0 Å². The van der Waals surface area contributed by atoms with Gasteiger partial charge in [0.15, 0.2) is 62.9 Å². The van der Waals surface area contributed by atoms with Crippen LogP contribution in [0.2, 0.25) is 0 Å². The summed E-state index contributed by atoms with van der Waals surface area (Å²) in [7, 11) is -10.9. The molecule has 64 heteroatoms. The SMILES string of the molecule is CC(=O)N[C@@H]1[C@H](O[C@@H]2[C@@H](O[C@@H]3[C@H](O)[C@H](O[C@H]4[C@H](O)[C@@H](NC(C)=O)[C@H](O[C@H]5[C@H](O)[C@@H](NC(C)=O)C(O)O[C@@H]5CO[C@@H]5O[C@@H](C)[C@@H](O)[C@@H](O)[C@@H]5O)O[C@@H]4CO)O[C@H](CO[C@H]4O[C@H](CO)[C@@H](O)[C@H](O)[C@@H]4O[C@@H]4O[C@H](CO)[C@@H](O[C@@H]5O[C@H](CO)[C@H](OS(=O)(=O)O)[C@H](O)[C@H]5NC(C)=O)[C@H](O)[C@H]4NC(C)=O)[C@H]3O)O[C@H](CO)[C@@H](O)[C@@H]2O)O[C@H](CO)[C@@H](O[C@@H]2O[C@H](CO)[C@H](OS(=O)(=O)O)[C@H](O)[C@H]2NC(C)=O)[C@@H]1O. The minimum absolute atomic E-state index is 0.865. The van der Waals surface area contributed by atoms with Gasteiger partial charge in [-0.15, -0.1) is 0 Å². The van der Waals surface area contributed by atoms with Crippen LogP contribution in [-0.2, 0) is 148 Å². The predicted molar refractivity (Wildman–Crippen MR) is 419 cm³/mol. The molecule has 786 valence electrons. The van der Waals surface area contributed by atoms with E-state index in [1.165, 1.54) is 6.92 Å². The maximum absolute atomic E-state index is 13.3. The molecule has 10 fully saturated rings. The molecule has 10 saturated heterocycles. The fourth-order valence-corrected chi connectivity index (χ4v) is 18.1. The smallest absolute Gasteiger partial charge is 0.394 e. The first kappa shape index (κ1) is 113. The molecular weight excluding hydrogens is 1910 g/mol. The highest BCUT2D eigenvalue weighted by molar-refractivity contribution is 7.81. The first-order chi connectivity index (χ1) is 63.8. The molecule has 6 amide bonds. The van der Waals surface area contributed by atoms with Crippen LogP contribution in [0, 0.1) is 0 Å². The number of hydrogen-bond donors (Lipinski definition) is 31. The number of aliphatic hydroxyl groups excluding tert-OH is 23. The number of amides is 6. The Morgan fingerprint density at radius 3 is 0.853 bits per heavy atom. The average Bonchev–Trinajstić information content (AvgIpc) is 0.726. The van der Waals surface area contributed by atoms with E-state index in [2.05, 4.69) is 40.3 Å². The highest BCUT2D eigenvalue weighted by atomic mass is 32.3. The van der Waals surface area contributed by atoms with Crippen molar-refractivity contribution in [2.24, 2.45) is 0 Å². The van der Waals surface area contributed by atoms with Gasteiger partial charge in [-0.1, -0.05) is 0 Å². The van der Waals surface area contributed by atoms with E-state index in [1.54, 1.807) is 0 Å². The van der Waals surface area contributed by atoms with Gasteiger partial charge in [-0.25, -0.2) is 8.37 Å². The lowest BCUT2D eigenvalue weighted by Gasteiger charge is -2.51. The summed E-state index contributed by atoms with van der Waals surface area (Å²) >= 11 is 0. The summed E-state index contributed by atoms with van der Waals surface area (Å²) < 4.78 is 190. The number of rotatable bonds is 37. The van der Waals surface area contributed by atoms with Gasteiger partial charge in [-0.05, 0) is 6.92 Å². The van der Waals surface area contributed by atoms with Crippen molar-refractivity contribution in [3.8, 4) is 0 Å². The van der Waals surface area contributed by atoms with Gasteiger partial charge in [0.05, 0.1) is 65.6 Å². The van der Waals surface area contributed by atoms with Crippen molar-refractivity contribution >= 4 is 56.2 Å². The van der Waals surface area contributed by atoms with Gasteiger partial charge >= 0.3 is 20.8 Å². The van der Waals surface area contributed by atoms with Gasteiger partial charge in [0, 0.05) is 41.5 Å². The van der Waals surface area contributed by atoms with Crippen LogP contribution in [0.4, 0.5) is 0 Å². The van der Waals surface area contributed by atoms with Crippen LogP contribution in [0.1, 0.15) is 48.5 Å². The third-order valence-corrected chi connectivity index (χ3v) is 24.6. The van der Waals surface area contributed by atoms with Gasteiger partial charge in [-0.2, -0.15) is 16.8 Å². The highest BCUT2D eigenvalue weighted by Crippen LogP contribution is 2.41. The summed E-state index contributed by atoms with van der Waals surface area (Å²) in [6.45, 7) is -4.28. The first-order valence-corrected chi connectivity index (χ1v) is 45.0. The molecule has 31 N–H and O–H groups in total. The molecule has 0 aliphatic carbocycles. The summed E-state index contributed by atoms with van der Waals surface area (Å²) in [6, 6.07) is -12.0. The van der Waals surface area contributed by atoms with Crippen molar-refractivity contribution in [2.75, 3.05) is 59.5 Å².